The minimum Gasteiger partial charge on any atom is -0.494 e. The number of rotatable bonds is 6. The topological polar surface area (TPSA) is 35.5 Å². The van der Waals surface area contributed by atoms with Gasteiger partial charge in [-0.15, -0.1) is 0 Å². The van der Waals surface area contributed by atoms with Crippen molar-refractivity contribution < 1.29 is 14.3 Å². The van der Waals surface area contributed by atoms with Crippen molar-refractivity contribution in [3.8, 4) is 5.75 Å². The highest BCUT2D eigenvalue weighted by Crippen LogP contribution is 2.30. The molecule has 1 heterocycles. The van der Waals surface area contributed by atoms with Crippen LogP contribution < -0.4 is 4.74 Å². The summed E-state index contributed by atoms with van der Waals surface area (Å²) in [6, 6.07) is 7.87. The van der Waals surface area contributed by atoms with Gasteiger partial charge >= 0.3 is 5.97 Å². The minimum atomic E-state index is -0.0973. The Labute approximate surface area is 108 Å². The number of hydrogen-bond donors (Lipinski definition) is 0. The number of carbonyl (C=O) groups is 1. The molecule has 2 rings (SSSR count). The van der Waals surface area contributed by atoms with Crippen LogP contribution >= 0.6 is 0 Å². The summed E-state index contributed by atoms with van der Waals surface area (Å²) in [6.45, 7) is 2.95. The molecule has 0 aliphatic carbocycles. The van der Waals surface area contributed by atoms with Gasteiger partial charge in [0.2, 0.25) is 0 Å². The molecule has 1 atom stereocenters. The SMILES string of the molecule is CCCCCOc1ccc([C@@H]2CCC(=O)O2)cc1. The smallest absolute Gasteiger partial charge is 0.306 e. The normalized spacial score (nSPS) is 18.7. The second-order valence-electron chi connectivity index (χ2n) is 4.64. The van der Waals surface area contributed by atoms with E-state index in [1.807, 2.05) is 24.3 Å². The van der Waals surface area contributed by atoms with Crippen molar-refractivity contribution in [3.63, 3.8) is 0 Å². The van der Waals surface area contributed by atoms with E-state index in [1.165, 1.54) is 12.8 Å². The Morgan fingerprint density at radius 3 is 2.67 bits per heavy atom. The van der Waals surface area contributed by atoms with Crippen LogP contribution in [0.5, 0.6) is 5.75 Å². The van der Waals surface area contributed by atoms with E-state index < -0.39 is 0 Å². The monoisotopic (exact) mass is 248 g/mol. The lowest BCUT2D eigenvalue weighted by atomic mass is 10.1. The van der Waals surface area contributed by atoms with Crippen LogP contribution in [0.25, 0.3) is 0 Å². The molecule has 1 fully saturated rings. The largest absolute Gasteiger partial charge is 0.494 e. The molecule has 18 heavy (non-hydrogen) atoms. The van der Waals surface area contributed by atoms with E-state index in [0.717, 1.165) is 30.8 Å². The Balaban J connectivity index is 1.83. The maximum Gasteiger partial charge on any atom is 0.306 e. The number of carbonyl (C=O) groups excluding carboxylic acids is 1. The van der Waals surface area contributed by atoms with E-state index in [2.05, 4.69) is 6.92 Å². The molecular formula is C15H20O3. The molecule has 0 bridgehead atoms. The maximum absolute atomic E-state index is 11.0. The number of cyclic esters (lactones) is 1. The fraction of sp³-hybridized carbons (Fsp3) is 0.533. The standard InChI is InChI=1S/C15H20O3/c1-2-3-4-11-17-13-7-5-12(6-8-13)14-9-10-15(16)18-14/h5-8,14H,2-4,9-11H2,1H3/t14-/m0/s1. The second kappa shape index (κ2) is 6.43. The Morgan fingerprint density at radius 1 is 1.28 bits per heavy atom. The van der Waals surface area contributed by atoms with Crippen LogP contribution in [0.4, 0.5) is 0 Å². The van der Waals surface area contributed by atoms with Gasteiger partial charge in [0.25, 0.3) is 0 Å². The highest BCUT2D eigenvalue weighted by atomic mass is 16.5. The number of benzene rings is 1. The van der Waals surface area contributed by atoms with Crippen LogP contribution in [0.3, 0.4) is 0 Å². The van der Waals surface area contributed by atoms with E-state index in [-0.39, 0.29) is 12.1 Å². The van der Waals surface area contributed by atoms with Crippen molar-refractivity contribution in [1.29, 1.82) is 0 Å². The van der Waals surface area contributed by atoms with Crippen molar-refractivity contribution in [2.75, 3.05) is 6.61 Å². The summed E-state index contributed by atoms with van der Waals surface area (Å²) < 4.78 is 10.9. The zero-order valence-corrected chi connectivity index (χ0v) is 10.9. The van der Waals surface area contributed by atoms with E-state index in [0.29, 0.717) is 6.42 Å². The summed E-state index contributed by atoms with van der Waals surface area (Å²) in [5.41, 5.74) is 1.06. The highest BCUT2D eigenvalue weighted by Gasteiger charge is 2.24. The molecule has 0 unspecified atom stereocenters. The van der Waals surface area contributed by atoms with Gasteiger partial charge in [-0.3, -0.25) is 4.79 Å². The number of hydrogen-bond acceptors (Lipinski definition) is 3. The first-order valence-electron chi connectivity index (χ1n) is 6.72. The molecule has 0 radical (unpaired) electrons. The molecular weight excluding hydrogens is 228 g/mol. The summed E-state index contributed by atoms with van der Waals surface area (Å²) in [4.78, 5) is 11.0. The minimum absolute atomic E-state index is 0.0633. The lowest BCUT2D eigenvalue weighted by Crippen LogP contribution is -2.00. The van der Waals surface area contributed by atoms with E-state index in [9.17, 15) is 4.79 Å². The summed E-state index contributed by atoms with van der Waals surface area (Å²) in [7, 11) is 0. The van der Waals surface area contributed by atoms with Crippen LogP contribution in [-0.2, 0) is 9.53 Å². The first kappa shape index (κ1) is 12.9. The van der Waals surface area contributed by atoms with Gasteiger partial charge in [-0.1, -0.05) is 31.9 Å². The Hall–Kier alpha value is -1.51. The van der Waals surface area contributed by atoms with Crippen LogP contribution in [0, 0.1) is 0 Å². The molecule has 0 saturated carbocycles. The zero-order valence-electron chi connectivity index (χ0n) is 10.9. The van der Waals surface area contributed by atoms with Crippen molar-refractivity contribution >= 4 is 5.97 Å². The van der Waals surface area contributed by atoms with Gasteiger partial charge < -0.3 is 9.47 Å². The maximum atomic E-state index is 11.0. The van der Waals surface area contributed by atoms with Gasteiger partial charge in [-0.2, -0.15) is 0 Å². The first-order valence-corrected chi connectivity index (χ1v) is 6.72. The van der Waals surface area contributed by atoms with Crippen LogP contribution in [-0.4, -0.2) is 12.6 Å². The average Bonchev–Trinajstić information content (AvgIpc) is 2.82. The highest BCUT2D eigenvalue weighted by molar-refractivity contribution is 5.71. The third kappa shape index (κ3) is 3.49. The van der Waals surface area contributed by atoms with Gasteiger partial charge in [-0.25, -0.2) is 0 Å². The third-order valence-electron chi connectivity index (χ3n) is 3.15. The quantitative estimate of drug-likeness (QED) is 0.569. The number of ether oxygens (including phenoxy) is 2. The zero-order chi connectivity index (χ0) is 12.8. The molecule has 0 aromatic heterocycles. The van der Waals surface area contributed by atoms with Gasteiger partial charge in [0, 0.05) is 6.42 Å². The third-order valence-corrected chi connectivity index (χ3v) is 3.15. The predicted octanol–water partition coefficient (Wildman–Crippen LogP) is 3.63. The van der Waals surface area contributed by atoms with Crippen LogP contribution in [0.2, 0.25) is 0 Å². The van der Waals surface area contributed by atoms with Gasteiger partial charge in [-0.05, 0) is 30.5 Å². The summed E-state index contributed by atoms with van der Waals surface area (Å²) in [5, 5.41) is 0. The molecule has 0 N–H and O–H groups in total. The second-order valence-corrected chi connectivity index (χ2v) is 4.64. The van der Waals surface area contributed by atoms with Crippen LogP contribution in [0.1, 0.15) is 50.7 Å². The summed E-state index contributed by atoms with van der Waals surface area (Å²) in [6.07, 6.45) is 4.76. The molecule has 0 amide bonds. The van der Waals surface area contributed by atoms with Crippen molar-refractivity contribution in [3.05, 3.63) is 29.8 Å². The first-order chi connectivity index (χ1) is 8.79. The average molecular weight is 248 g/mol. The van der Waals surface area contributed by atoms with Crippen molar-refractivity contribution in [2.45, 2.75) is 45.1 Å². The van der Waals surface area contributed by atoms with Crippen molar-refractivity contribution in [2.24, 2.45) is 0 Å². The van der Waals surface area contributed by atoms with E-state index in [4.69, 9.17) is 9.47 Å². The molecule has 1 aliphatic rings. The fourth-order valence-corrected chi connectivity index (χ4v) is 2.08. The van der Waals surface area contributed by atoms with E-state index in [1.54, 1.807) is 0 Å². The molecule has 1 saturated heterocycles. The molecule has 3 heteroatoms. The molecule has 1 aromatic rings. The van der Waals surface area contributed by atoms with E-state index >= 15 is 0 Å². The van der Waals surface area contributed by atoms with Crippen LogP contribution in [0.15, 0.2) is 24.3 Å². The Kier molecular flexibility index (Phi) is 4.62. The summed E-state index contributed by atoms with van der Waals surface area (Å²) in [5.74, 6) is 0.791. The Morgan fingerprint density at radius 2 is 2.06 bits per heavy atom. The van der Waals surface area contributed by atoms with Crippen molar-refractivity contribution in [1.82, 2.24) is 0 Å². The van der Waals surface area contributed by atoms with Gasteiger partial charge in [0.05, 0.1) is 6.61 Å². The molecule has 98 valence electrons. The molecule has 1 aromatic carbocycles. The molecule has 3 nitrogen and oxygen atoms in total. The number of unbranched alkanes of at least 4 members (excludes halogenated alkanes) is 2. The summed E-state index contributed by atoms with van der Waals surface area (Å²) >= 11 is 0. The predicted molar refractivity (Wildman–Crippen MR) is 69.5 cm³/mol. The lowest BCUT2D eigenvalue weighted by Gasteiger charge is -2.11. The molecule has 1 aliphatic heterocycles. The van der Waals surface area contributed by atoms with Gasteiger partial charge in [0.1, 0.15) is 11.9 Å². The fourth-order valence-electron chi connectivity index (χ4n) is 2.08. The number of esters is 1. The lowest BCUT2D eigenvalue weighted by molar-refractivity contribution is -0.141. The molecule has 0 spiro atoms. The van der Waals surface area contributed by atoms with Gasteiger partial charge in [0.15, 0.2) is 0 Å². The Bertz CT molecular complexity index is 383.